The van der Waals surface area contributed by atoms with Crippen molar-refractivity contribution in [3.05, 3.63) is 47.5 Å². The molecular formula is C23H30N2O6. The first kappa shape index (κ1) is 23.9. The standard InChI is InChI=1S/C23H30N2O6/c1-28-18-10-8-16(14-20(18)30-3)22(26)24-12-6-5-7-13-25-23(27)17-9-11-19(29-2)21(15-17)31-4/h8-11,14-15H,5-7,12-13H2,1-4H3,(H,24,26)(H,25,27). The maximum Gasteiger partial charge on any atom is 0.251 e. The Labute approximate surface area is 182 Å². The number of carbonyl (C=O) groups is 2. The van der Waals surface area contributed by atoms with Crippen molar-refractivity contribution in [1.29, 1.82) is 0 Å². The van der Waals surface area contributed by atoms with Crippen molar-refractivity contribution in [3.8, 4) is 23.0 Å². The van der Waals surface area contributed by atoms with E-state index in [1.807, 2.05) is 0 Å². The van der Waals surface area contributed by atoms with Crippen LogP contribution in [0, 0.1) is 0 Å². The molecule has 8 nitrogen and oxygen atoms in total. The summed E-state index contributed by atoms with van der Waals surface area (Å²) in [5.74, 6) is 1.86. The Hall–Kier alpha value is -3.42. The number of amides is 2. The largest absolute Gasteiger partial charge is 0.493 e. The van der Waals surface area contributed by atoms with Gasteiger partial charge in [0.15, 0.2) is 23.0 Å². The van der Waals surface area contributed by atoms with Crippen LogP contribution in [0.4, 0.5) is 0 Å². The summed E-state index contributed by atoms with van der Waals surface area (Å²) in [5, 5.41) is 5.78. The minimum absolute atomic E-state index is 0.164. The number of benzene rings is 2. The predicted molar refractivity (Wildman–Crippen MR) is 118 cm³/mol. The average Bonchev–Trinajstić information content (AvgIpc) is 2.81. The Kier molecular flexibility index (Phi) is 9.48. The molecule has 0 spiro atoms. The number of nitrogens with one attached hydrogen (secondary N) is 2. The lowest BCUT2D eigenvalue weighted by molar-refractivity contribution is 0.0947. The molecular weight excluding hydrogens is 400 g/mol. The Morgan fingerprint density at radius 3 is 1.35 bits per heavy atom. The van der Waals surface area contributed by atoms with Crippen molar-refractivity contribution in [2.24, 2.45) is 0 Å². The Morgan fingerprint density at radius 2 is 1.00 bits per heavy atom. The number of hydrogen-bond donors (Lipinski definition) is 2. The molecule has 0 unspecified atom stereocenters. The van der Waals surface area contributed by atoms with E-state index in [1.165, 1.54) is 14.2 Å². The number of rotatable bonds is 12. The summed E-state index contributed by atoms with van der Waals surface area (Å²) in [7, 11) is 6.16. The van der Waals surface area contributed by atoms with E-state index < -0.39 is 0 Å². The lowest BCUT2D eigenvalue weighted by Crippen LogP contribution is -2.26. The Bertz CT molecular complexity index is 813. The molecule has 8 heteroatoms. The van der Waals surface area contributed by atoms with Gasteiger partial charge in [-0.15, -0.1) is 0 Å². The molecule has 2 rings (SSSR count). The summed E-state index contributed by atoms with van der Waals surface area (Å²) in [4.78, 5) is 24.5. The first-order chi connectivity index (χ1) is 15.0. The molecule has 0 saturated carbocycles. The van der Waals surface area contributed by atoms with E-state index in [1.54, 1.807) is 50.6 Å². The fraction of sp³-hybridized carbons (Fsp3) is 0.391. The van der Waals surface area contributed by atoms with Crippen LogP contribution < -0.4 is 29.6 Å². The summed E-state index contributed by atoms with van der Waals surface area (Å²) < 4.78 is 20.8. The van der Waals surface area contributed by atoms with E-state index in [2.05, 4.69) is 10.6 Å². The monoisotopic (exact) mass is 430 g/mol. The van der Waals surface area contributed by atoms with Crippen molar-refractivity contribution in [2.45, 2.75) is 19.3 Å². The van der Waals surface area contributed by atoms with Gasteiger partial charge in [0, 0.05) is 24.2 Å². The summed E-state index contributed by atoms with van der Waals surface area (Å²) in [6.45, 7) is 1.10. The van der Waals surface area contributed by atoms with Crippen molar-refractivity contribution in [1.82, 2.24) is 10.6 Å². The van der Waals surface area contributed by atoms with Gasteiger partial charge in [-0.25, -0.2) is 0 Å². The van der Waals surface area contributed by atoms with Crippen LogP contribution in [0.15, 0.2) is 36.4 Å². The number of unbranched alkanes of at least 4 members (excludes halogenated alkanes) is 2. The molecule has 0 aromatic heterocycles. The molecule has 0 radical (unpaired) electrons. The third-order valence-electron chi connectivity index (χ3n) is 4.72. The third kappa shape index (κ3) is 6.80. The second-order valence-corrected chi connectivity index (χ2v) is 6.71. The van der Waals surface area contributed by atoms with Crippen molar-refractivity contribution in [2.75, 3.05) is 41.5 Å². The number of methoxy groups -OCH3 is 4. The van der Waals surface area contributed by atoms with Crippen LogP contribution in [-0.2, 0) is 0 Å². The van der Waals surface area contributed by atoms with Gasteiger partial charge in [0.2, 0.25) is 0 Å². The molecule has 2 aromatic rings. The SMILES string of the molecule is COc1ccc(C(=O)NCCCCCNC(=O)c2ccc(OC)c(OC)c2)cc1OC. The molecule has 0 heterocycles. The molecule has 2 N–H and O–H groups in total. The highest BCUT2D eigenvalue weighted by molar-refractivity contribution is 5.95. The van der Waals surface area contributed by atoms with Gasteiger partial charge < -0.3 is 29.6 Å². The molecule has 0 saturated heterocycles. The van der Waals surface area contributed by atoms with Crippen molar-refractivity contribution in [3.63, 3.8) is 0 Å². The fourth-order valence-corrected chi connectivity index (χ4v) is 2.99. The van der Waals surface area contributed by atoms with Crippen LogP contribution in [0.25, 0.3) is 0 Å². The molecule has 0 aliphatic carbocycles. The van der Waals surface area contributed by atoms with Gasteiger partial charge in [0.1, 0.15) is 0 Å². The summed E-state index contributed by atoms with van der Waals surface area (Å²) in [6.07, 6.45) is 2.49. The summed E-state index contributed by atoms with van der Waals surface area (Å²) in [5.41, 5.74) is 1.03. The van der Waals surface area contributed by atoms with Crippen LogP contribution in [0.2, 0.25) is 0 Å². The zero-order valence-electron chi connectivity index (χ0n) is 18.4. The normalized spacial score (nSPS) is 10.2. The van der Waals surface area contributed by atoms with Crippen molar-refractivity contribution >= 4 is 11.8 Å². The van der Waals surface area contributed by atoms with Gasteiger partial charge in [-0.1, -0.05) is 0 Å². The lowest BCUT2D eigenvalue weighted by Gasteiger charge is -2.11. The lowest BCUT2D eigenvalue weighted by atomic mass is 10.1. The molecule has 0 aliphatic heterocycles. The minimum Gasteiger partial charge on any atom is -0.493 e. The van der Waals surface area contributed by atoms with Crippen LogP contribution in [0.1, 0.15) is 40.0 Å². The average molecular weight is 431 g/mol. The van der Waals surface area contributed by atoms with Crippen LogP contribution in [0.5, 0.6) is 23.0 Å². The quantitative estimate of drug-likeness (QED) is 0.503. The second-order valence-electron chi connectivity index (χ2n) is 6.71. The van der Waals surface area contributed by atoms with E-state index >= 15 is 0 Å². The number of ether oxygens (including phenoxy) is 4. The smallest absolute Gasteiger partial charge is 0.251 e. The van der Waals surface area contributed by atoms with E-state index in [9.17, 15) is 9.59 Å². The Balaban J connectivity index is 1.67. The number of hydrogen-bond acceptors (Lipinski definition) is 6. The highest BCUT2D eigenvalue weighted by Gasteiger charge is 2.11. The third-order valence-corrected chi connectivity index (χ3v) is 4.72. The highest BCUT2D eigenvalue weighted by Crippen LogP contribution is 2.28. The van der Waals surface area contributed by atoms with Crippen LogP contribution in [0.3, 0.4) is 0 Å². The second kappa shape index (κ2) is 12.3. The zero-order valence-corrected chi connectivity index (χ0v) is 18.4. The topological polar surface area (TPSA) is 95.1 Å². The number of carbonyl (C=O) groups excluding carboxylic acids is 2. The van der Waals surface area contributed by atoms with Gasteiger partial charge in [0.05, 0.1) is 28.4 Å². The predicted octanol–water partition coefficient (Wildman–Crippen LogP) is 3.05. The zero-order chi connectivity index (χ0) is 22.6. The van der Waals surface area contributed by atoms with E-state index in [4.69, 9.17) is 18.9 Å². The van der Waals surface area contributed by atoms with Gasteiger partial charge in [0.25, 0.3) is 11.8 Å². The first-order valence-electron chi connectivity index (χ1n) is 10.0. The maximum absolute atomic E-state index is 12.3. The maximum atomic E-state index is 12.3. The molecule has 2 aromatic carbocycles. The van der Waals surface area contributed by atoms with E-state index in [0.717, 1.165) is 19.3 Å². The van der Waals surface area contributed by atoms with E-state index in [0.29, 0.717) is 47.2 Å². The van der Waals surface area contributed by atoms with Crippen LogP contribution in [-0.4, -0.2) is 53.3 Å². The first-order valence-corrected chi connectivity index (χ1v) is 10.0. The molecule has 0 fully saturated rings. The molecule has 0 aliphatic rings. The molecule has 0 atom stereocenters. The van der Waals surface area contributed by atoms with Crippen LogP contribution >= 0.6 is 0 Å². The van der Waals surface area contributed by atoms with Gasteiger partial charge in [-0.05, 0) is 55.7 Å². The van der Waals surface area contributed by atoms with Gasteiger partial charge >= 0.3 is 0 Å². The Morgan fingerprint density at radius 1 is 0.613 bits per heavy atom. The molecule has 168 valence electrons. The molecule has 2 amide bonds. The molecule has 31 heavy (non-hydrogen) atoms. The fourth-order valence-electron chi connectivity index (χ4n) is 2.99. The summed E-state index contributed by atoms with van der Waals surface area (Å²) in [6, 6.07) is 10.1. The minimum atomic E-state index is -0.164. The van der Waals surface area contributed by atoms with Crippen molar-refractivity contribution < 1.29 is 28.5 Å². The molecule has 0 bridgehead atoms. The van der Waals surface area contributed by atoms with Gasteiger partial charge in [-0.2, -0.15) is 0 Å². The summed E-state index contributed by atoms with van der Waals surface area (Å²) >= 11 is 0. The highest BCUT2D eigenvalue weighted by atomic mass is 16.5. The van der Waals surface area contributed by atoms with E-state index in [-0.39, 0.29) is 11.8 Å². The van der Waals surface area contributed by atoms with Gasteiger partial charge in [-0.3, -0.25) is 9.59 Å².